The van der Waals surface area contributed by atoms with Gasteiger partial charge in [-0.15, -0.1) is 11.3 Å². The van der Waals surface area contributed by atoms with E-state index in [4.69, 9.17) is 9.47 Å². The molecule has 3 rings (SSSR count). The van der Waals surface area contributed by atoms with Gasteiger partial charge in [-0.25, -0.2) is 0 Å². The minimum absolute atomic E-state index is 0.216. The number of anilines is 2. The molecule has 19 heavy (non-hydrogen) atoms. The van der Waals surface area contributed by atoms with E-state index in [1.165, 1.54) is 11.3 Å². The van der Waals surface area contributed by atoms with Gasteiger partial charge in [-0.3, -0.25) is 4.79 Å². The summed E-state index contributed by atoms with van der Waals surface area (Å²) in [6, 6.07) is 7.45. The van der Waals surface area contributed by atoms with Crippen LogP contribution in [0.15, 0.2) is 24.3 Å². The van der Waals surface area contributed by atoms with E-state index in [2.05, 4.69) is 17.9 Å². The second-order valence-corrected chi connectivity index (χ2v) is 5.74. The van der Waals surface area contributed by atoms with Crippen molar-refractivity contribution in [1.29, 1.82) is 0 Å². The highest BCUT2D eigenvalue weighted by Crippen LogP contribution is 2.36. The Morgan fingerprint density at radius 2 is 2.11 bits per heavy atom. The van der Waals surface area contributed by atoms with Gasteiger partial charge in [-0.1, -0.05) is 12.6 Å². The zero-order chi connectivity index (χ0) is 13.4. The number of fused-ring (bicyclic) bond motifs is 1. The monoisotopic (exact) mass is 293 g/mol. The molecule has 0 spiro atoms. The molecule has 1 aromatic heterocycles. The maximum atomic E-state index is 11.2. The van der Waals surface area contributed by atoms with Crippen LogP contribution in [0.5, 0.6) is 11.5 Å². The van der Waals surface area contributed by atoms with Gasteiger partial charge >= 0.3 is 0 Å². The van der Waals surface area contributed by atoms with Crippen LogP contribution in [0.1, 0.15) is 14.5 Å². The second-order valence-electron chi connectivity index (χ2n) is 4.08. The molecule has 1 aliphatic heterocycles. The molecule has 0 atom stereocenters. The van der Waals surface area contributed by atoms with Gasteiger partial charge in [0, 0.05) is 16.6 Å². The lowest BCUT2D eigenvalue weighted by Crippen LogP contribution is -1.93. The number of thiol groups is 1. The Kier molecular flexibility index (Phi) is 3.12. The molecule has 1 N–H and O–H groups in total. The first kappa shape index (κ1) is 12.4. The van der Waals surface area contributed by atoms with Crippen molar-refractivity contribution in [2.24, 2.45) is 0 Å². The second kappa shape index (κ2) is 4.79. The minimum atomic E-state index is -0.216. The summed E-state index contributed by atoms with van der Waals surface area (Å²) in [5, 5.41) is 3.05. The first-order valence-corrected chi connectivity index (χ1v) is 6.90. The molecule has 98 valence electrons. The minimum Gasteiger partial charge on any atom is -0.454 e. The molecule has 0 amide bonds. The van der Waals surface area contributed by atoms with Gasteiger partial charge in [0.1, 0.15) is 0 Å². The van der Waals surface area contributed by atoms with E-state index < -0.39 is 0 Å². The van der Waals surface area contributed by atoms with Crippen LogP contribution in [0, 0.1) is 6.92 Å². The van der Waals surface area contributed by atoms with Crippen molar-refractivity contribution in [2.75, 3.05) is 12.1 Å². The quantitative estimate of drug-likeness (QED) is 0.849. The smallest absolute Gasteiger partial charge is 0.231 e. The third-order valence-electron chi connectivity index (χ3n) is 2.78. The van der Waals surface area contributed by atoms with Crippen molar-refractivity contribution in [1.82, 2.24) is 0 Å². The Labute approximate surface area is 119 Å². The molecule has 0 unspecified atom stereocenters. The van der Waals surface area contributed by atoms with E-state index in [0.717, 1.165) is 27.8 Å². The van der Waals surface area contributed by atoms with Crippen molar-refractivity contribution >= 4 is 40.5 Å². The Balaban J connectivity index is 1.87. The fraction of sp³-hybridized carbons (Fsp3) is 0.154. The number of hydrogen-bond acceptors (Lipinski definition) is 5. The highest BCUT2D eigenvalue weighted by atomic mass is 32.1. The van der Waals surface area contributed by atoms with E-state index in [1.54, 1.807) is 6.07 Å². The number of thiophene rings is 1. The summed E-state index contributed by atoms with van der Waals surface area (Å²) in [5.74, 6) is 1.47. The Morgan fingerprint density at radius 1 is 1.32 bits per heavy atom. The van der Waals surface area contributed by atoms with Gasteiger partial charge in [-0.2, -0.15) is 0 Å². The van der Waals surface area contributed by atoms with Crippen LogP contribution in [0.25, 0.3) is 0 Å². The number of carbonyl (C=O) groups is 1. The van der Waals surface area contributed by atoms with Gasteiger partial charge in [-0.05, 0) is 25.1 Å². The van der Waals surface area contributed by atoms with Crippen molar-refractivity contribution < 1.29 is 14.3 Å². The number of ether oxygens (including phenoxy) is 2. The lowest BCUT2D eigenvalue weighted by Gasteiger charge is -2.06. The standard InChI is InChI=1S/C13H11NO3S2/c1-7-9(5-12(19-7)13(15)18)14-8-2-3-10-11(4-8)17-6-16-10/h2-5,14H,6H2,1H3,(H,15,18). The van der Waals surface area contributed by atoms with Gasteiger partial charge in [0.25, 0.3) is 0 Å². The lowest BCUT2D eigenvalue weighted by molar-refractivity contribution is 0.109. The number of carbonyl (C=O) groups excluding carboxylic acids is 1. The van der Waals surface area contributed by atoms with Crippen LogP contribution in [-0.2, 0) is 0 Å². The van der Waals surface area contributed by atoms with E-state index in [9.17, 15) is 4.79 Å². The maximum Gasteiger partial charge on any atom is 0.231 e. The van der Waals surface area contributed by atoms with Gasteiger partial charge in [0.05, 0.1) is 10.6 Å². The topological polar surface area (TPSA) is 47.6 Å². The first-order chi connectivity index (χ1) is 9.13. The van der Waals surface area contributed by atoms with Crippen LogP contribution in [0.2, 0.25) is 0 Å². The Bertz CT molecular complexity index is 651. The van der Waals surface area contributed by atoms with E-state index in [1.807, 2.05) is 25.1 Å². The summed E-state index contributed by atoms with van der Waals surface area (Å²) >= 11 is 5.26. The molecule has 0 saturated heterocycles. The Morgan fingerprint density at radius 3 is 2.84 bits per heavy atom. The lowest BCUT2D eigenvalue weighted by atomic mass is 10.2. The van der Waals surface area contributed by atoms with Crippen molar-refractivity contribution in [3.63, 3.8) is 0 Å². The SMILES string of the molecule is Cc1sc(C(=O)S)cc1Nc1ccc2c(c1)OCO2. The highest BCUT2D eigenvalue weighted by molar-refractivity contribution is 7.97. The van der Waals surface area contributed by atoms with Crippen molar-refractivity contribution in [3.8, 4) is 11.5 Å². The van der Waals surface area contributed by atoms with Crippen molar-refractivity contribution in [2.45, 2.75) is 6.92 Å². The molecule has 1 aromatic carbocycles. The summed E-state index contributed by atoms with van der Waals surface area (Å²) < 4.78 is 10.6. The molecule has 6 heteroatoms. The molecule has 1 aliphatic rings. The number of nitrogens with one attached hydrogen (secondary N) is 1. The van der Waals surface area contributed by atoms with Gasteiger partial charge in [0.2, 0.25) is 11.9 Å². The van der Waals surface area contributed by atoms with Crippen molar-refractivity contribution in [3.05, 3.63) is 34.0 Å². The summed E-state index contributed by atoms with van der Waals surface area (Å²) in [7, 11) is 0. The van der Waals surface area contributed by atoms with E-state index in [-0.39, 0.29) is 11.9 Å². The molecule has 0 bridgehead atoms. The van der Waals surface area contributed by atoms with Crippen LogP contribution in [-0.4, -0.2) is 11.9 Å². The molecular weight excluding hydrogens is 282 g/mol. The van der Waals surface area contributed by atoms with Gasteiger partial charge in [0.15, 0.2) is 11.5 Å². The average molecular weight is 293 g/mol. The highest BCUT2D eigenvalue weighted by Gasteiger charge is 2.14. The maximum absolute atomic E-state index is 11.2. The largest absolute Gasteiger partial charge is 0.454 e. The summed E-state index contributed by atoms with van der Waals surface area (Å²) in [6.45, 7) is 2.22. The summed E-state index contributed by atoms with van der Waals surface area (Å²) in [5.41, 5.74) is 1.80. The molecule has 2 aromatic rings. The number of aryl methyl sites for hydroxylation is 1. The molecule has 2 heterocycles. The van der Waals surface area contributed by atoms with Crippen LogP contribution in [0.3, 0.4) is 0 Å². The van der Waals surface area contributed by atoms with Crippen LogP contribution in [0.4, 0.5) is 11.4 Å². The van der Waals surface area contributed by atoms with E-state index in [0.29, 0.717) is 4.88 Å². The molecule has 0 fully saturated rings. The zero-order valence-electron chi connectivity index (χ0n) is 10.1. The zero-order valence-corrected chi connectivity index (χ0v) is 11.8. The Hall–Kier alpha value is -1.66. The van der Waals surface area contributed by atoms with Crippen LogP contribution < -0.4 is 14.8 Å². The molecule has 4 nitrogen and oxygen atoms in total. The van der Waals surface area contributed by atoms with Gasteiger partial charge < -0.3 is 14.8 Å². The average Bonchev–Trinajstić information content (AvgIpc) is 2.96. The number of rotatable bonds is 3. The predicted molar refractivity (Wildman–Crippen MR) is 78.2 cm³/mol. The molecular formula is C13H11NO3S2. The first-order valence-electron chi connectivity index (χ1n) is 5.64. The third kappa shape index (κ3) is 2.41. The van der Waals surface area contributed by atoms with E-state index >= 15 is 0 Å². The normalized spacial score (nSPS) is 12.5. The van der Waals surface area contributed by atoms with Crippen LogP contribution >= 0.6 is 24.0 Å². The number of benzene rings is 1. The fourth-order valence-electron chi connectivity index (χ4n) is 1.84. The number of hydrogen-bond donors (Lipinski definition) is 2. The predicted octanol–water partition coefficient (Wildman–Crippen LogP) is 3.60. The molecule has 0 saturated carbocycles. The fourth-order valence-corrected chi connectivity index (χ4v) is 2.86. The third-order valence-corrected chi connectivity index (χ3v) is 4.22. The molecule has 0 radical (unpaired) electrons. The summed E-state index contributed by atoms with van der Waals surface area (Å²) in [4.78, 5) is 12.9. The molecule has 0 aliphatic carbocycles. The summed E-state index contributed by atoms with van der Waals surface area (Å²) in [6.07, 6.45) is 0.